The second-order valence-electron chi connectivity index (χ2n) is 10.1. The zero-order valence-corrected chi connectivity index (χ0v) is 24.5. The zero-order valence-electron chi connectivity index (χ0n) is 24.5. The fourth-order valence-electron chi connectivity index (χ4n) is 4.30. The van der Waals surface area contributed by atoms with E-state index in [0.717, 1.165) is 24.4 Å². The number of carbonyl (C=O) groups excluding carboxylic acids is 1. The lowest BCUT2D eigenvalue weighted by Crippen LogP contribution is -2.36. The van der Waals surface area contributed by atoms with Crippen molar-refractivity contribution in [2.24, 2.45) is 0 Å². The first-order valence-corrected chi connectivity index (χ1v) is 13.2. The molecule has 10 nitrogen and oxygen atoms in total. The van der Waals surface area contributed by atoms with Crippen LogP contribution in [0.1, 0.15) is 12.5 Å². The summed E-state index contributed by atoms with van der Waals surface area (Å²) in [5, 5.41) is 6.08. The number of amides is 1. The van der Waals surface area contributed by atoms with Gasteiger partial charge in [0.25, 0.3) is 0 Å². The van der Waals surface area contributed by atoms with Crippen LogP contribution in [0.4, 0.5) is 37.6 Å². The minimum atomic E-state index is -0.792. The second-order valence-corrected chi connectivity index (χ2v) is 10.1. The minimum Gasteiger partial charge on any atom is -0.494 e. The van der Waals surface area contributed by atoms with Crippen molar-refractivity contribution in [1.82, 2.24) is 14.9 Å². The molecule has 42 heavy (non-hydrogen) atoms. The first-order chi connectivity index (χ1) is 20.0. The van der Waals surface area contributed by atoms with Gasteiger partial charge < -0.3 is 34.8 Å². The SMILES string of the molecule is C=CC(=O)Nc1cc(Nc2ncc3c(n2)N(C)C(C)C(Oc2ccc(F)cc2F)=C3)c(OC)cc1N(C)CCN(C)C. The van der Waals surface area contributed by atoms with Gasteiger partial charge in [0.15, 0.2) is 11.6 Å². The van der Waals surface area contributed by atoms with Crippen molar-refractivity contribution in [3.05, 3.63) is 72.1 Å². The molecule has 3 aromatic rings. The van der Waals surface area contributed by atoms with E-state index < -0.39 is 11.6 Å². The quantitative estimate of drug-likeness (QED) is 0.308. The third kappa shape index (κ3) is 6.77. The average molecular weight is 580 g/mol. The van der Waals surface area contributed by atoms with Gasteiger partial charge >= 0.3 is 0 Å². The highest BCUT2D eigenvalue weighted by atomic mass is 19.1. The summed E-state index contributed by atoms with van der Waals surface area (Å²) in [4.78, 5) is 27.4. The summed E-state index contributed by atoms with van der Waals surface area (Å²) in [5.41, 5.74) is 2.53. The molecular weight excluding hydrogens is 544 g/mol. The Morgan fingerprint density at radius 2 is 1.90 bits per heavy atom. The fourth-order valence-corrected chi connectivity index (χ4v) is 4.30. The van der Waals surface area contributed by atoms with E-state index in [1.165, 1.54) is 12.1 Å². The predicted molar refractivity (Wildman–Crippen MR) is 162 cm³/mol. The minimum absolute atomic E-state index is 0.0761. The maximum atomic E-state index is 14.2. The number of ether oxygens (including phenoxy) is 2. The highest BCUT2D eigenvalue weighted by Gasteiger charge is 2.27. The number of likely N-dealkylation sites (N-methyl/N-ethyl adjacent to an activating group) is 3. The van der Waals surface area contributed by atoms with E-state index in [1.54, 1.807) is 25.4 Å². The van der Waals surface area contributed by atoms with E-state index in [9.17, 15) is 13.6 Å². The summed E-state index contributed by atoms with van der Waals surface area (Å²) < 4.78 is 39.0. The van der Waals surface area contributed by atoms with Crippen molar-refractivity contribution >= 4 is 40.8 Å². The Bertz CT molecular complexity index is 1510. The van der Waals surface area contributed by atoms with Crippen molar-refractivity contribution in [2.45, 2.75) is 13.0 Å². The fraction of sp³-hybridized carbons (Fsp3) is 0.300. The molecule has 1 unspecified atom stereocenters. The molecule has 4 rings (SSSR count). The van der Waals surface area contributed by atoms with Crippen LogP contribution in [0.25, 0.3) is 6.08 Å². The van der Waals surface area contributed by atoms with Gasteiger partial charge in [-0.3, -0.25) is 4.79 Å². The van der Waals surface area contributed by atoms with Crippen LogP contribution in [0.2, 0.25) is 0 Å². The standard InChI is InChI=1S/C30H35F2N7O3/c1-8-28(40)34-22-15-23(27(41-7)16-24(22)38(5)12-11-37(3)4)35-30-33-17-19-13-26(18(2)39(6)29(19)36-30)42-25-10-9-20(31)14-21(25)32/h8-10,13-18H,1,11-12H2,2-7H3,(H,34,40)(H,33,35,36). The van der Waals surface area contributed by atoms with Gasteiger partial charge in [0.1, 0.15) is 23.1 Å². The number of halogens is 2. The van der Waals surface area contributed by atoms with Crippen LogP contribution in [-0.4, -0.2) is 75.2 Å². The molecule has 0 saturated carbocycles. The number of nitrogens with zero attached hydrogens (tertiary/aromatic N) is 5. The number of benzene rings is 2. The summed E-state index contributed by atoms with van der Waals surface area (Å²) in [6, 6.07) is 6.46. The smallest absolute Gasteiger partial charge is 0.247 e. The van der Waals surface area contributed by atoms with Gasteiger partial charge in [-0.2, -0.15) is 4.98 Å². The lowest BCUT2D eigenvalue weighted by atomic mass is 10.1. The first kappa shape index (κ1) is 30.3. The molecule has 0 aliphatic carbocycles. The lowest BCUT2D eigenvalue weighted by Gasteiger charge is -2.32. The van der Waals surface area contributed by atoms with Crippen molar-refractivity contribution < 1.29 is 23.0 Å². The van der Waals surface area contributed by atoms with Gasteiger partial charge in [0.05, 0.1) is 30.2 Å². The third-order valence-corrected chi connectivity index (χ3v) is 6.84. The van der Waals surface area contributed by atoms with Crippen LogP contribution < -0.4 is 29.9 Å². The van der Waals surface area contributed by atoms with Gasteiger partial charge in [0, 0.05) is 51.1 Å². The van der Waals surface area contributed by atoms with Crippen LogP contribution in [0.5, 0.6) is 11.5 Å². The zero-order chi connectivity index (χ0) is 30.6. The van der Waals surface area contributed by atoms with E-state index in [2.05, 4.69) is 27.1 Å². The number of hydrogen-bond acceptors (Lipinski definition) is 9. The molecule has 0 radical (unpaired) electrons. The summed E-state index contributed by atoms with van der Waals surface area (Å²) in [6.07, 6.45) is 4.56. The van der Waals surface area contributed by atoms with Crippen LogP contribution in [0.15, 0.2) is 54.9 Å². The molecule has 1 atom stereocenters. The Hall–Kier alpha value is -4.71. The van der Waals surface area contributed by atoms with Gasteiger partial charge in [-0.15, -0.1) is 0 Å². The number of rotatable bonds is 11. The Labute approximate surface area is 244 Å². The van der Waals surface area contributed by atoms with E-state index in [1.807, 2.05) is 51.0 Å². The van der Waals surface area contributed by atoms with E-state index in [0.29, 0.717) is 46.8 Å². The van der Waals surface area contributed by atoms with Crippen molar-refractivity contribution in [1.29, 1.82) is 0 Å². The van der Waals surface area contributed by atoms with Gasteiger partial charge in [0.2, 0.25) is 11.9 Å². The maximum absolute atomic E-state index is 14.2. The number of aromatic nitrogens is 2. The third-order valence-electron chi connectivity index (χ3n) is 6.84. The number of hydrogen-bond donors (Lipinski definition) is 2. The Kier molecular flexibility index (Phi) is 9.26. The molecule has 0 saturated heterocycles. The molecular formula is C30H35F2N7O3. The lowest BCUT2D eigenvalue weighted by molar-refractivity contribution is -0.111. The molecule has 12 heteroatoms. The van der Waals surface area contributed by atoms with Crippen LogP contribution in [-0.2, 0) is 4.79 Å². The summed E-state index contributed by atoms with van der Waals surface area (Å²) >= 11 is 0. The van der Waals surface area contributed by atoms with E-state index in [4.69, 9.17) is 14.5 Å². The van der Waals surface area contributed by atoms with Gasteiger partial charge in [-0.25, -0.2) is 13.8 Å². The van der Waals surface area contributed by atoms with E-state index in [-0.39, 0.29) is 17.7 Å². The topological polar surface area (TPSA) is 95.1 Å². The summed E-state index contributed by atoms with van der Waals surface area (Å²) in [6.45, 7) is 6.97. The van der Waals surface area contributed by atoms with Crippen molar-refractivity contribution in [3.8, 4) is 11.5 Å². The highest BCUT2D eigenvalue weighted by molar-refractivity contribution is 6.02. The number of fused-ring (bicyclic) bond motifs is 1. The molecule has 2 aromatic carbocycles. The van der Waals surface area contributed by atoms with Crippen molar-refractivity contribution in [2.75, 3.05) is 68.8 Å². The molecule has 0 fully saturated rings. The molecule has 0 bridgehead atoms. The Balaban J connectivity index is 1.65. The van der Waals surface area contributed by atoms with Crippen LogP contribution in [0.3, 0.4) is 0 Å². The maximum Gasteiger partial charge on any atom is 0.247 e. The van der Waals surface area contributed by atoms with E-state index >= 15 is 0 Å². The molecule has 1 aliphatic rings. The first-order valence-electron chi connectivity index (χ1n) is 13.2. The number of methoxy groups -OCH3 is 1. The summed E-state index contributed by atoms with van der Waals surface area (Å²) in [5.74, 6) is -0.00292. The highest BCUT2D eigenvalue weighted by Crippen LogP contribution is 2.39. The van der Waals surface area contributed by atoms with Crippen LogP contribution >= 0.6 is 0 Å². The molecule has 1 aliphatic heterocycles. The van der Waals surface area contributed by atoms with Gasteiger partial charge in [-0.05, 0) is 51.4 Å². The Morgan fingerprint density at radius 1 is 1.14 bits per heavy atom. The number of carbonyl (C=O) groups is 1. The Morgan fingerprint density at radius 3 is 2.57 bits per heavy atom. The molecule has 2 N–H and O–H groups in total. The van der Waals surface area contributed by atoms with Gasteiger partial charge in [-0.1, -0.05) is 6.58 Å². The normalized spacial score (nSPS) is 14.2. The summed E-state index contributed by atoms with van der Waals surface area (Å²) in [7, 11) is 9.32. The molecule has 1 amide bonds. The van der Waals surface area contributed by atoms with Crippen LogP contribution in [0, 0.1) is 11.6 Å². The molecule has 2 heterocycles. The molecule has 0 spiro atoms. The average Bonchev–Trinajstić information content (AvgIpc) is 2.96. The monoisotopic (exact) mass is 579 g/mol. The molecule has 222 valence electrons. The van der Waals surface area contributed by atoms with Crippen molar-refractivity contribution in [3.63, 3.8) is 0 Å². The predicted octanol–water partition coefficient (Wildman–Crippen LogP) is 4.89. The second kappa shape index (κ2) is 12.9. The number of nitrogens with one attached hydrogen (secondary N) is 2. The number of anilines is 5. The largest absolute Gasteiger partial charge is 0.494 e. The molecule has 1 aromatic heterocycles.